The van der Waals surface area contributed by atoms with Crippen LogP contribution in [0, 0.1) is 29.1 Å². The molecular formula is C18H17F5. The summed E-state index contributed by atoms with van der Waals surface area (Å²) in [5.41, 5.74) is 0.582. The van der Waals surface area contributed by atoms with Crippen LogP contribution in [-0.4, -0.2) is 0 Å². The van der Waals surface area contributed by atoms with Crippen molar-refractivity contribution >= 4 is 0 Å². The molecule has 0 aliphatic heterocycles. The van der Waals surface area contributed by atoms with Crippen LogP contribution < -0.4 is 0 Å². The van der Waals surface area contributed by atoms with Gasteiger partial charge in [0.05, 0.1) is 5.56 Å². The van der Waals surface area contributed by atoms with Crippen LogP contribution in [-0.2, 0) is 0 Å². The van der Waals surface area contributed by atoms with Crippen molar-refractivity contribution in [1.29, 1.82) is 0 Å². The number of rotatable bonds is 3. The summed E-state index contributed by atoms with van der Waals surface area (Å²) < 4.78 is 68.6. The average molecular weight is 328 g/mol. The Morgan fingerprint density at radius 1 is 0.652 bits per heavy atom. The van der Waals surface area contributed by atoms with Gasteiger partial charge in [0.25, 0.3) is 0 Å². The van der Waals surface area contributed by atoms with Crippen LogP contribution in [0.25, 0.3) is 11.1 Å². The Morgan fingerprint density at radius 2 is 1.13 bits per heavy atom. The van der Waals surface area contributed by atoms with Gasteiger partial charge in [0.1, 0.15) is 0 Å². The lowest BCUT2D eigenvalue weighted by atomic mass is 9.84. The normalized spacial score (nSPS) is 11.6. The SMILES string of the molecule is CC(C)c1cccc(-c2c(F)c(F)c(F)c(F)c2F)c1C(C)C. The van der Waals surface area contributed by atoms with Crippen LogP contribution in [0.15, 0.2) is 18.2 Å². The van der Waals surface area contributed by atoms with E-state index in [4.69, 9.17) is 0 Å². The van der Waals surface area contributed by atoms with Gasteiger partial charge in [-0.25, -0.2) is 22.0 Å². The van der Waals surface area contributed by atoms with Crippen LogP contribution in [0.3, 0.4) is 0 Å². The van der Waals surface area contributed by atoms with Gasteiger partial charge in [-0.1, -0.05) is 45.9 Å². The predicted octanol–water partition coefficient (Wildman–Crippen LogP) is 6.30. The Labute approximate surface area is 132 Å². The molecule has 2 aromatic carbocycles. The maximum absolute atomic E-state index is 14.1. The van der Waals surface area contributed by atoms with E-state index < -0.39 is 34.6 Å². The van der Waals surface area contributed by atoms with Gasteiger partial charge in [-0.15, -0.1) is 0 Å². The van der Waals surface area contributed by atoms with Crippen molar-refractivity contribution in [2.45, 2.75) is 39.5 Å². The van der Waals surface area contributed by atoms with E-state index in [2.05, 4.69) is 0 Å². The molecule has 0 unspecified atom stereocenters. The third-order valence-electron chi connectivity index (χ3n) is 3.82. The first-order valence-electron chi connectivity index (χ1n) is 7.33. The lowest BCUT2D eigenvalue weighted by Crippen LogP contribution is -2.08. The molecule has 2 aromatic rings. The number of hydrogen-bond acceptors (Lipinski definition) is 0. The summed E-state index contributed by atoms with van der Waals surface area (Å²) in [6.07, 6.45) is 0. The summed E-state index contributed by atoms with van der Waals surface area (Å²) in [5, 5.41) is 0. The van der Waals surface area contributed by atoms with E-state index in [0.29, 0.717) is 5.56 Å². The molecule has 0 aliphatic rings. The number of benzene rings is 2. The van der Waals surface area contributed by atoms with E-state index in [1.54, 1.807) is 12.1 Å². The van der Waals surface area contributed by atoms with Crippen LogP contribution in [0.5, 0.6) is 0 Å². The molecule has 0 radical (unpaired) electrons. The predicted molar refractivity (Wildman–Crippen MR) is 79.8 cm³/mol. The summed E-state index contributed by atoms with van der Waals surface area (Å²) in [4.78, 5) is 0. The molecular weight excluding hydrogens is 311 g/mol. The molecule has 23 heavy (non-hydrogen) atoms. The van der Waals surface area contributed by atoms with Gasteiger partial charge in [0.15, 0.2) is 23.3 Å². The fourth-order valence-corrected chi connectivity index (χ4v) is 2.79. The molecule has 0 aromatic heterocycles. The Balaban J connectivity index is 2.91. The zero-order valence-electron chi connectivity index (χ0n) is 13.3. The van der Waals surface area contributed by atoms with Crippen LogP contribution >= 0.6 is 0 Å². The average Bonchev–Trinajstić information content (AvgIpc) is 2.50. The number of halogens is 5. The Kier molecular flexibility index (Phi) is 4.78. The Hall–Kier alpha value is -1.91. The molecule has 0 saturated carbocycles. The van der Waals surface area contributed by atoms with E-state index in [-0.39, 0.29) is 17.4 Å². The highest BCUT2D eigenvalue weighted by atomic mass is 19.2. The second-order valence-corrected chi connectivity index (χ2v) is 6.06. The summed E-state index contributed by atoms with van der Waals surface area (Å²) in [7, 11) is 0. The topological polar surface area (TPSA) is 0 Å². The van der Waals surface area contributed by atoms with Crippen molar-refractivity contribution in [2.75, 3.05) is 0 Å². The van der Waals surface area contributed by atoms with E-state index in [1.165, 1.54) is 6.07 Å². The van der Waals surface area contributed by atoms with Crippen LogP contribution in [0.4, 0.5) is 22.0 Å². The smallest absolute Gasteiger partial charge is 0.200 e. The van der Waals surface area contributed by atoms with Gasteiger partial charge in [-0.05, 0) is 28.5 Å². The second-order valence-electron chi connectivity index (χ2n) is 6.06. The van der Waals surface area contributed by atoms with Crippen molar-refractivity contribution in [2.24, 2.45) is 0 Å². The lowest BCUT2D eigenvalue weighted by molar-refractivity contribution is 0.381. The maximum atomic E-state index is 14.1. The van der Waals surface area contributed by atoms with E-state index >= 15 is 0 Å². The molecule has 0 spiro atoms. The van der Waals surface area contributed by atoms with Gasteiger partial charge < -0.3 is 0 Å². The highest BCUT2D eigenvalue weighted by Crippen LogP contribution is 2.39. The van der Waals surface area contributed by atoms with E-state index in [1.807, 2.05) is 27.7 Å². The Bertz CT molecular complexity index is 719. The largest absolute Gasteiger partial charge is 0.203 e. The standard InChI is InChI=1S/C18H17F5/c1-8(2)10-6-5-7-11(12(10)9(3)4)13-14(19)16(21)18(23)17(22)15(13)20/h5-9H,1-4H3. The Morgan fingerprint density at radius 3 is 1.57 bits per heavy atom. The monoisotopic (exact) mass is 328 g/mol. The van der Waals surface area contributed by atoms with Gasteiger partial charge in [-0.3, -0.25) is 0 Å². The minimum absolute atomic E-state index is 0.0407. The van der Waals surface area contributed by atoms with E-state index in [0.717, 1.165) is 5.56 Å². The van der Waals surface area contributed by atoms with Gasteiger partial charge in [0, 0.05) is 0 Å². The lowest BCUT2D eigenvalue weighted by Gasteiger charge is -2.21. The minimum atomic E-state index is -2.14. The van der Waals surface area contributed by atoms with Crippen LogP contribution in [0.1, 0.15) is 50.7 Å². The van der Waals surface area contributed by atoms with Gasteiger partial charge >= 0.3 is 0 Å². The molecule has 0 heterocycles. The highest BCUT2D eigenvalue weighted by molar-refractivity contribution is 5.71. The first-order valence-corrected chi connectivity index (χ1v) is 7.33. The summed E-state index contributed by atoms with van der Waals surface area (Å²) in [6.45, 7) is 7.45. The molecule has 0 aliphatic carbocycles. The molecule has 0 bridgehead atoms. The quantitative estimate of drug-likeness (QED) is 0.352. The fourth-order valence-electron chi connectivity index (χ4n) is 2.79. The van der Waals surface area contributed by atoms with Crippen molar-refractivity contribution in [3.8, 4) is 11.1 Å². The molecule has 0 atom stereocenters. The molecule has 124 valence electrons. The summed E-state index contributed by atoms with van der Waals surface area (Å²) >= 11 is 0. The minimum Gasteiger partial charge on any atom is -0.203 e. The molecule has 0 N–H and O–H groups in total. The van der Waals surface area contributed by atoms with Crippen LogP contribution in [0.2, 0.25) is 0 Å². The molecule has 0 saturated heterocycles. The summed E-state index contributed by atoms with van der Waals surface area (Å²) in [5.74, 6) is -9.69. The molecule has 2 rings (SSSR count). The highest BCUT2D eigenvalue weighted by Gasteiger charge is 2.29. The van der Waals surface area contributed by atoms with Crippen molar-refractivity contribution in [3.63, 3.8) is 0 Å². The maximum Gasteiger partial charge on any atom is 0.200 e. The van der Waals surface area contributed by atoms with Gasteiger partial charge in [0.2, 0.25) is 5.82 Å². The molecule has 0 fully saturated rings. The van der Waals surface area contributed by atoms with Crippen molar-refractivity contribution in [1.82, 2.24) is 0 Å². The molecule has 5 heteroatoms. The summed E-state index contributed by atoms with van der Waals surface area (Å²) in [6, 6.07) is 4.75. The fraction of sp³-hybridized carbons (Fsp3) is 0.333. The zero-order chi connectivity index (χ0) is 17.5. The zero-order valence-corrected chi connectivity index (χ0v) is 13.3. The number of hydrogen-bond donors (Lipinski definition) is 0. The van der Waals surface area contributed by atoms with Gasteiger partial charge in [-0.2, -0.15) is 0 Å². The molecule has 0 nitrogen and oxygen atoms in total. The first kappa shape index (κ1) is 17.4. The van der Waals surface area contributed by atoms with Crippen molar-refractivity contribution < 1.29 is 22.0 Å². The van der Waals surface area contributed by atoms with E-state index in [9.17, 15) is 22.0 Å². The third kappa shape index (κ3) is 2.84. The second kappa shape index (κ2) is 6.30. The molecule has 0 amide bonds. The third-order valence-corrected chi connectivity index (χ3v) is 3.82. The van der Waals surface area contributed by atoms with Crippen molar-refractivity contribution in [3.05, 3.63) is 58.4 Å². The first-order chi connectivity index (χ1) is 10.7.